The quantitative estimate of drug-likeness (QED) is 0.363. The van der Waals surface area contributed by atoms with Gasteiger partial charge in [0.25, 0.3) is 0 Å². The number of aliphatic hydroxyl groups is 1. The Labute approximate surface area is 172 Å². The van der Waals surface area contributed by atoms with Crippen LogP contribution in [0.5, 0.6) is 0 Å². The summed E-state index contributed by atoms with van der Waals surface area (Å²) < 4.78 is 5.60. The third kappa shape index (κ3) is 7.92. The van der Waals surface area contributed by atoms with E-state index in [9.17, 15) is 5.11 Å². The summed E-state index contributed by atoms with van der Waals surface area (Å²) >= 11 is 1.74. The molecule has 2 rings (SSSR count). The minimum atomic E-state index is -0.633. The Hall–Kier alpha value is -2.02. The first-order valence-electron chi connectivity index (χ1n) is 9.54. The first kappa shape index (κ1) is 22.3. The van der Waals surface area contributed by atoms with Gasteiger partial charge in [-0.2, -0.15) is 0 Å². The SMILES string of the molecule is CCNC(=NCC(O)COCc1ccccc1)N(C)Cc1ccc(SC)cc1. The van der Waals surface area contributed by atoms with Crippen LogP contribution in [0.3, 0.4) is 0 Å². The summed E-state index contributed by atoms with van der Waals surface area (Å²) in [6.07, 6.45) is 1.44. The molecule has 0 fully saturated rings. The van der Waals surface area contributed by atoms with Gasteiger partial charge < -0.3 is 20.1 Å². The molecular formula is C22H31N3O2S. The van der Waals surface area contributed by atoms with Gasteiger partial charge in [0.15, 0.2) is 5.96 Å². The van der Waals surface area contributed by atoms with Gasteiger partial charge >= 0.3 is 0 Å². The minimum absolute atomic E-state index is 0.262. The van der Waals surface area contributed by atoms with Crippen LogP contribution in [-0.4, -0.2) is 55.1 Å². The van der Waals surface area contributed by atoms with E-state index < -0.39 is 6.10 Å². The van der Waals surface area contributed by atoms with Gasteiger partial charge in [0, 0.05) is 25.0 Å². The zero-order valence-corrected chi connectivity index (χ0v) is 17.8. The highest BCUT2D eigenvalue weighted by Gasteiger charge is 2.09. The molecule has 28 heavy (non-hydrogen) atoms. The lowest BCUT2D eigenvalue weighted by Crippen LogP contribution is -2.39. The van der Waals surface area contributed by atoms with Crippen LogP contribution in [0.4, 0.5) is 0 Å². The molecule has 1 atom stereocenters. The molecule has 1 unspecified atom stereocenters. The Morgan fingerprint density at radius 1 is 1.14 bits per heavy atom. The predicted molar refractivity (Wildman–Crippen MR) is 118 cm³/mol. The topological polar surface area (TPSA) is 57.1 Å². The van der Waals surface area contributed by atoms with Crippen molar-refractivity contribution in [1.82, 2.24) is 10.2 Å². The maximum atomic E-state index is 10.2. The molecule has 6 heteroatoms. The van der Waals surface area contributed by atoms with Crippen molar-refractivity contribution >= 4 is 17.7 Å². The first-order chi connectivity index (χ1) is 13.6. The maximum Gasteiger partial charge on any atom is 0.194 e. The van der Waals surface area contributed by atoms with Gasteiger partial charge in [0.05, 0.1) is 25.9 Å². The van der Waals surface area contributed by atoms with E-state index >= 15 is 0 Å². The normalized spacial score (nSPS) is 12.6. The molecular weight excluding hydrogens is 370 g/mol. The Kier molecular flexibility index (Phi) is 9.90. The number of aliphatic imine (C=N–C) groups is 1. The third-order valence-electron chi connectivity index (χ3n) is 4.15. The molecule has 152 valence electrons. The molecule has 0 aromatic heterocycles. The average Bonchev–Trinajstić information content (AvgIpc) is 2.72. The maximum absolute atomic E-state index is 10.2. The highest BCUT2D eigenvalue weighted by molar-refractivity contribution is 7.98. The first-order valence-corrected chi connectivity index (χ1v) is 10.8. The third-order valence-corrected chi connectivity index (χ3v) is 4.89. The summed E-state index contributed by atoms with van der Waals surface area (Å²) in [6.45, 7) is 4.62. The van der Waals surface area contributed by atoms with Crippen molar-refractivity contribution in [3.8, 4) is 0 Å². The van der Waals surface area contributed by atoms with Gasteiger partial charge in [0.1, 0.15) is 0 Å². The van der Waals surface area contributed by atoms with E-state index in [-0.39, 0.29) is 6.61 Å². The van der Waals surface area contributed by atoms with Crippen molar-refractivity contribution < 1.29 is 9.84 Å². The fourth-order valence-electron chi connectivity index (χ4n) is 2.68. The van der Waals surface area contributed by atoms with Crippen LogP contribution in [-0.2, 0) is 17.9 Å². The van der Waals surface area contributed by atoms with Gasteiger partial charge in [-0.05, 0) is 36.4 Å². The van der Waals surface area contributed by atoms with Crippen molar-refractivity contribution in [2.24, 2.45) is 4.99 Å². The number of ether oxygens (including phenoxy) is 1. The average molecular weight is 402 g/mol. The van der Waals surface area contributed by atoms with Gasteiger partial charge in [-0.1, -0.05) is 42.5 Å². The number of aliphatic hydroxyl groups excluding tert-OH is 1. The second-order valence-electron chi connectivity index (χ2n) is 6.55. The monoisotopic (exact) mass is 401 g/mol. The molecule has 0 spiro atoms. The van der Waals surface area contributed by atoms with E-state index in [1.165, 1.54) is 10.5 Å². The van der Waals surface area contributed by atoms with Crippen LogP contribution >= 0.6 is 11.8 Å². The fraction of sp³-hybridized carbons (Fsp3) is 0.409. The fourth-order valence-corrected chi connectivity index (χ4v) is 3.09. The largest absolute Gasteiger partial charge is 0.389 e. The molecule has 2 aromatic rings. The van der Waals surface area contributed by atoms with Crippen molar-refractivity contribution in [3.63, 3.8) is 0 Å². The molecule has 0 saturated carbocycles. The van der Waals surface area contributed by atoms with E-state index in [0.29, 0.717) is 13.2 Å². The number of nitrogens with one attached hydrogen (secondary N) is 1. The number of guanidine groups is 1. The zero-order valence-electron chi connectivity index (χ0n) is 17.0. The molecule has 0 aliphatic carbocycles. The van der Waals surface area contributed by atoms with Crippen LogP contribution in [0.15, 0.2) is 64.5 Å². The summed E-state index contributed by atoms with van der Waals surface area (Å²) in [6, 6.07) is 18.5. The summed E-state index contributed by atoms with van der Waals surface area (Å²) in [5.74, 6) is 0.776. The van der Waals surface area contributed by atoms with Crippen molar-refractivity contribution in [1.29, 1.82) is 0 Å². The molecule has 0 radical (unpaired) electrons. The summed E-state index contributed by atoms with van der Waals surface area (Å²) in [5.41, 5.74) is 2.32. The van der Waals surface area contributed by atoms with Crippen LogP contribution in [0.1, 0.15) is 18.1 Å². The molecule has 5 nitrogen and oxygen atoms in total. The Morgan fingerprint density at radius 3 is 2.50 bits per heavy atom. The Morgan fingerprint density at radius 2 is 1.86 bits per heavy atom. The van der Waals surface area contributed by atoms with E-state index in [4.69, 9.17) is 4.74 Å². The van der Waals surface area contributed by atoms with Crippen molar-refractivity contribution in [3.05, 3.63) is 65.7 Å². The van der Waals surface area contributed by atoms with Gasteiger partial charge in [-0.25, -0.2) is 0 Å². The lowest BCUT2D eigenvalue weighted by molar-refractivity contribution is 0.0330. The summed E-state index contributed by atoms with van der Waals surface area (Å²) in [5, 5.41) is 13.5. The van der Waals surface area contributed by atoms with Gasteiger partial charge in [-0.3, -0.25) is 4.99 Å². The molecule has 0 saturated heterocycles. The number of hydrogen-bond acceptors (Lipinski definition) is 4. The van der Waals surface area contributed by atoms with Crippen LogP contribution in [0.2, 0.25) is 0 Å². The van der Waals surface area contributed by atoms with E-state index in [1.807, 2.05) is 44.3 Å². The van der Waals surface area contributed by atoms with E-state index in [1.54, 1.807) is 11.8 Å². The molecule has 0 amide bonds. The lowest BCUT2D eigenvalue weighted by Gasteiger charge is -2.22. The lowest BCUT2D eigenvalue weighted by atomic mass is 10.2. The minimum Gasteiger partial charge on any atom is -0.389 e. The molecule has 0 bridgehead atoms. The highest BCUT2D eigenvalue weighted by Crippen LogP contribution is 2.15. The molecule has 0 aliphatic heterocycles. The summed E-state index contributed by atoms with van der Waals surface area (Å²) in [4.78, 5) is 7.89. The van der Waals surface area contributed by atoms with E-state index in [0.717, 1.165) is 24.6 Å². The Balaban J connectivity index is 1.83. The van der Waals surface area contributed by atoms with Gasteiger partial charge in [-0.15, -0.1) is 11.8 Å². The van der Waals surface area contributed by atoms with Crippen molar-refractivity contribution in [2.75, 3.05) is 33.0 Å². The van der Waals surface area contributed by atoms with Gasteiger partial charge in [0.2, 0.25) is 0 Å². The smallest absolute Gasteiger partial charge is 0.194 e. The van der Waals surface area contributed by atoms with Crippen molar-refractivity contribution in [2.45, 2.75) is 31.1 Å². The molecule has 2 N–H and O–H groups in total. The zero-order chi connectivity index (χ0) is 20.2. The van der Waals surface area contributed by atoms with Crippen LogP contribution in [0, 0.1) is 0 Å². The molecule has 2 aromatic carbocycles. The number of nitrogens with zero attached hydrogens (tertiary/aromatic N) is 2. The number of hydrogen-bond donors (Lipinski definition) is 2. The van der Waals surface area contributed by atoms with E-state index in [2.05, 4.69) is 45.7 Å². The summed E-state index contributed by atoms with van der Waals surface area (Å²) in [7, 11) is 2.00. The second-order valence-corrected chi connectivity index (χ2v) is 7.43. The highest BCUT2D eigenvalue weighted by atomic mass is 32.2. The van der Waals surface area contributed by atoms with Crippen LogP contribution < -0.4 is 5.32 Å². The Bertz CT molecular complexity index is 707. The standard InChI is InChI=1S/C22H31N3O2S/c1-4-23-22(25(2)15-18-10-12-21(28-3)13-11-18)24-14-20(26)17-27-16-19-8-6-5-7-9-19/h5-13,20,26H,4,14-17H2,1-3H3,(H,23,24). The number of benzene rings is 2. The van der Waals surface area contributed by atoms with Crippen LogP contribution in [0.25, 0.3) is 0 Å². The second kappa shape index (κ2) is 12.4. The number of thioether (sulfide) groups is 1. The predicted octanol–water partition coefficient (Wildman–Crippen LogP) is 3.38. The molecule has 0 aliphatic rings. The number of rotatable bonds is 10. The molecule has 0 heterocycles.